The fourth-order valence-electron chi connectivity index (χ4n) is 5.33. The van der Waals surface area contributed by atoms with Gasteiger partial charge in [0.2, 0.25) is 5.71 Å². The molecular formula is C30H24FN5O4S. The minimum absolute atomic E-state index is 0.0109. The van der Waals surface area contributed by atoms with Crippen LogP contribution in [0, 0.1) is 5.82 Å². The summed E-state index contributed by atoms with van der Waals surface area (Å²) in [6, 6.07) is 16.8. The van der Waals surface area contributed by atoms with E-state index in [0.717, 1.165) is 5.57 Å². The second kappa shape index (κ2) is 9.77. The Morgan fingerprint density at radius 3 is 2.49 bits per heavy atom. The van der Waals surface area contributed by atoms with Crippen LogP contribution in [0.3, 0.4) is 0 Å². The smallest absolute Gasteiger partial charge is 0.254 e. The first-order valence-corrected chi connectivity index (χ1v) is 15.0. The molecule has 41 heavy (non-hydrogen) atoms. The van der Waals surface area contributed by atoms with Crippen molar-refractivity contribution in [1.29, 1.82) is 0 Å². The quantitative estimate of drug-likeness (QED) is 0.299. The SMILES string of the molecule is O=C(c1ccccc1)N1CC=C(c2cc3c(-c4cn(C5CS(=O)(=O)C5)nc4-c4ccc(F)cc4)ncnc3o2)CC1. The molecule has 5 heterocycles. The Balaban J connectivity index is 1.24. The molecule has 9 nitrogen and oxygen atoms in total. The summed E-state index contributed by atoms with van der Waals surface area (Å²) in [5, 5.41) is 5.39. The Hall–Kier alpha value is -4.64. The van der Waals surface area contributed by atoms with E-state index in [9.17, 15) is 17.6 Å². The number of amides is 1. The number of nitrogens with zero attached hydrogens (tertiary/aromatic N) is 5. The lowest BCUT2D eigenvalue weighted by molar-refractivity contribution is 0.0772. The van der Waals surface area contributed by atoms with Gasteiger partial charge in [0.25, 0.3) is 5.91 Å². The summed E-state index contributed by atoms with van der Waals surface area (Å²) < 4.78 is 45.2. The molecule has 0 unspecified atom stereocenters. The molecule has 0 radical (unpaired) electrons. The molecule has 206 valence electrons. The number of carbonyl (C=O) groups excluding carboxylic acids is 1. The predicted octanol–water partition coefficient (Wildman–Crippen LogP) is 4.79. The summed E-state index contributed by atoms with van der Waals surface area (Å²) in [4.78, 5) is 23.6. The van der Waals surface area contributed by atoms with E-state index in [1.54, 1.807) is 27.9 Å². The van der Waals surface area contributed by atoms with Crippen LogP contribution in [0.15, 0.2) is 83.7 Å². The van der Waals surface area contributed by atoms with Crippen molar-refractivity contribution in [3.8, 4) is 22.5 Å². The number of aromatic nitrogens is 4. The Morgan fingerprint density at radius 2 is 1.78 bits per heavy atom. The minimum Gasteiger partial charge on any atom is -0.438 e. The summed E-state index contributed by atoms with van der Waals surface area (Å²) in [7, 11) is -3.07. The normalized spacial score (nSPS) is 16.9. The average molecular weight is 570 g/mol. The molecule has 0 aliphatic carbocycles. The number of sulfone groups is 1. The lowest BCUT2D eigenvalue weighted by atomic mass is 10.0. The monoisotopic (exact) mass is 569 g/mol. The summed E-state index contributed by atoms with van der Waals surface area (Å²) in [5.74, 6) is 0.305. The molecule has 1 amide bonds. The summed E-state index contributed by atoms with van der Waals surface area (Å²) in [5.41, 5.74) is 4.51. The van der Waals surface area contributed by atoms with Gasteiger partial charge in [-0.2, -0.15) is 5.10 Å². The predicted molar refractivity (Wildman–Crippen MR) is 151 cm³/mol. The van der Waals surface area contributed by atoms with E-state index in [1.807, 2.05) is 42.5 Å². The Labute approximate surface area is 234 Å². The maximum absolute atomic E-state index is 13.7. The average Bonchev–Trinajstić information content (AvgIpc) is 3.62. The van der Waals surface area contributed by atoms with E-state index in [1.165, 1.54) is 18.5 Å². The van der Waals surface area contributed by atoms with Gasteiger partial charge in [0, 0.05) is 36.0 Å². The Morgan fingerprint density at radius 1 is 1.00 bits per heavy atom. The van der Waals surface area contributed by atoms with Crippen LogP contribution in [0.25, 0.3) is 39.2 Å². The first kappa shape index (κ1) is 25.3. The second-order valence-electron chi connectivity index (χ2n) is 10.3. The van der Waals surface area contributed by atoms with Gasteiger partial charge in [0.15, 0.2) is 9.84 Å². The van der Waals surface area contributed by atoms with Gasteiger partial charge < -0.3 is 9.32 Å². The largest absolute Gasteiger partial charge is 0.438 e. The maximum atomic E-state index is 13.7. The molecule has 1 saturated heterocycles. The zero-order chi connectivity index (χ0) is 28.1. The molecule has 0 saturated carbocycles. The van der Waals surface area contributed by atoms with E-state index < -0.39 is 9.84 Å². The van der Waals surface area contributed by atoms with Crippen LogP contribution in [0.4, 0.5) is 4.39 Å². The highest BCUT2D eigenvalue weighted by atomic mass is 32.2. The molecule has 0 spiro atoms. The number of benzene rings is 2. The fraction of sp³-hybridized carbons (Fsp3) is 0.200. The number of halogens is 1. The minimum atomic E-state index is -3.07. The zero-order valence-corrected chi connectivity index (χ0v) is 22.6. The highest BCUT2D eigenvalue weighted by Gasteiger charge is 2.36. The molecule has 7 rings (SSSR count). The summed E-state index contributed by atoms with van der Waals surface area (Å²) in [6.45, 7) is 1.02. The lowest BCUT2D eigenvalue weighted by Gasteiger charge is -2.26. The number of hydrogen-bond acceptors (Lipinski definition) is 7. The molecule has 0 N–H and O–H groups in total. The Bertz CT molecular complexity index is 1920. The van der Waals surface area contributed by atoms with Crippen molar-refractivity contribution in [3.63, 3.8) is 0 Å². The fourth-order valence-corrected chi connectivity index (χ4v) is 6.71. The van der Waals surface area contributed by atoms with Gasteiger partial charge in [0.05, 0.1) is 28.6 Å². The molecule has 5 aromatic rings. The maximum Gasteiger partial charge on any atom is 0.254 e. The second-order valence-corrected chi connectivity index (χ2v) is 12.4. The molecule has 11 heteroatoms. The summed E-state index contributed by atoms with van der Waals surface area (Å²) in [6.07, 6.45) is 5.82. The number of carbonyl (C=O) groups is 1. The molecule has 0 bridgehead atoms. The molecule has 0 atom stereocenters. The number of fused-ring (bicyclic) bond motifs is 1. The van der Waals surface area contributed by atoms with Crippen molar-refractivity contribution < 1.29 is 22.0 Å². The lowest BCUT2D eigenvalue weighted by Crippen LogP contribution is -2.38. The van der Waals surface area contributed by atoms with Crippen molar-refractivity contribution in [2.75, 3.05) is 24.6 Å². The van der Waals surface area contributed by atoms with Crippen LogP contribution < -0.4 is 0 Å². The third-order valence-electron chi connectivity index (χ3n) is 7.53. The van der Waals surface area contributed by atoms with Crippen molar-refractivity contribution >= 4 is 32.4 Å². The van der Waals surface area contributed by atoms with Crippen molar-refractivity contribution in [2.45, 2.75) is 12.5 Å². The van der Waals surface area contributed by atoms with Gasteiger partial charge in [-0.15, -0.1) is 0 Å². The number of rotatable bonds is 5. The van der Waals surface area contributed by atoms with Crippen LogP contribution in [0.2, 0.25) is 0 Å². The topological polar surface area (TPSA) is 111 Å². The van der Waals surface area contributed by atoms with Gasteiger partial charge in [-0.1, -0.05) is 24.3 Å². The molecule has 1 fully saturated rings. The van der Waals surface area contributed by atoms with E-state index in [4.69, 9.17) is 9.52 Å². The van der Waals surface area contributed by atoms with E-state index in [2.05, 4.69) is 9.97 Å². The van der Waals surface area contributed by atoms with Gasteiger partial charge in [0.1, 0.15) is 23.6 Å². The third kappa shape index (κ3) is 4.71. The zero-order valence-electron chi connectivity index (χ0n) is 21.8. The van der Waals surface area contributed by atoms with Gasteiger partial charge >= 0.3 is 0 Å². The van der Waals surface area contributed by atoms with Crippen LogP contribution >= 0.6 is 0 Å². The van der Waals surface area contributed by atoms with Crippen LogP contribution in [-0.4, -0.2) is 63.6 Å². The van der Waals surface area contributed by atoms with Crippen molar-refractivity contribution in [3.05, 3.63) is 96.4 Å². The van der Waals surface area contributed by atoms with E-state index in [-0.39, 0.29) is 29.3 Å². The number of hydrogen-bond donors (Lipinski definition) is 0. The standard InChI is InChI=1S/C30H24FN5O4S/c31-22-8-6-20(7-9-22)27-25(15-36(34-27)23-16-41(38,39)17-23)28-24-14-26(40-29(24)33-18-32-28)19-10-12-35(13-11-19)30(37)21-4-2-1-3-5-21/h1-10,14-15,18,23H,11-13,16-17H2. The van der Waals surface area contributed by atoms with Crippen molar-refractivity contribution in [2.24, 2.45) is 0 Å². The van der Waals surface area contributed by atoms with Crippen LogP contribution in [0.1, 0.15) is 28.6 Å². The van der Waals surface area contributed by atoms with E-state index >= 15 is 0 Å². The summed E-state index contributed by atoms with van der Waals surface area (Å²) >= 11 is 0. The first-order valence-electron chi connectivity index (χ1n) is 13.2. The third-order valence-corrected chi connectivity index (χ3v) is 9.32. The van der Waals surface area contributed by atoms with Crippen LogP contribution in [-0.2, 0) is 9.84 Å². The highest BCUT2D eigenvalue weighted by Crippen LogP contribution is 2.38. The van der Waals surface area contributed by atoms with Gasteiger partial charge in [-0.25, -0.2) is 22.8 Å². The van der Waals surface area contributed by atoms with Crippen LogP contribution in [0.5, 0.6) is 0 Å². The first-order chi connectivity index (χ1) is 19.8. The molecule has 2 aliphatic rings. The highest BCUT2D eigenvalue weighted by molar-refractivity contribution is 7.92. The Kier molecular flexibility index (Phi) is 6.04. The molecule has 2 aromatic carbocycles. The van der Waals surface area contributed by atoms with Gasteiger partial charge in [-0.3, -0.25) is 9.48 Å². The molecule has 3 aromatic heterocycles. The van der Waals surface area contributed by atoms with Crippen molar-refractivity contribution in [1.82, 2.24) is 24.6 Å². The number of furan rings is 1. The van der Waals surface area contributed by atoms with Gasteiger partial charge in [-0.05, 0) is 54.5 Å². The molecule has 2 aliphatic heterocycles. The molecular weight excluding hydrogens is 545 g/mol. The van der Waals surface area contributed by atoms with E-state index in [0.29, 0.717) is 64.4 Å².